The molecule has 0 saturated carbocycles. The van der Waals surface area contributed by atoms with Crippen molar-refractivity contribution < 1.29 is 9.53 Å². The molecule has 1 saturated heterocycles. The Bertz CT molecular complexity index is 629. The smallest absolute Gasteiger partial charge is 0.253 e. The molecule has 1 aromatic heterocycles. The number of hydrogen-bond acceptors (Lipinski definition) is 3. The molecule has 0 spiro atoms. The molecule has 0 radical (unpaired) electrons. The molecule has 1 aromatic carbocycles. The summed E-state index contributed by atoms with van der Waals surface area (Å²) in [6.07, 6.45) is 1.04. The number of carbonyl (C=O) groups is 1. The van der Waals surface area contributed by atoms with E-state index in [0.717, 1.165) is 43.0 Å². The number of aryl methyl sites for hydroxylation is 1. The Labute approximate surface area is 117 Å². The lowest BCUT2D eigenvalue weighted by molar-refractivity contribution is 0.0766. The number of fused-ring (bicyclic) bond motifs is 1. The minimum atomic E-state index is 0.0473. The van der Waals surface area contributed by atoms with Gasteiger partial charge >= 0.3 is 0 Å². The molecule has 1 aliphatic rings. The van der Waals surface area contributed by atoms with Gasteiger partial charge in [0.1, 0.15) is 5.82 Å². The van der Waals surface area contributed by atoms with Crippen LogP contribution in [0, 0.1) is 12.8 Å². The average molecular weight is 273 g/mol. The van der Waals surface area contributed by atoms with Crippen molar-refractivity contribution in [3.63, 3.8) is 0 Å². The molecular formula is C15H19N3O2. The molecule has 2 aromatic rings. The molecule has 1 aliphatic heterocycles. The third-order valence-electron chi connectivity index (χ3n) is 3.75. The topological polar surface area (TPSA) is 58.2 Å². The summed E-state index contributed by atoms with van der Waals surface area (Å²) in [5, 5.41) is 0. The van der Waals surface area contributed by atoms with Gasteiger partial charge in [-0.15, -0.1) is 0 Å². The van der Waals surface area contributed by atoms with Crippen LogP contribution in [0.3, 0.4) is 0 Å². The van der Waals surface area contributed by atoms with Gasteiger partial charge in [-0.2, -0.15) is 0 Å². The molecular weight excluding hydrogens is 254 g/mol. The summed E-state index contributed by atoms with van der Waals surface area (Å²) in [4.78, 5) is 21.7. The fourth-order valence-corrected chi connectivity index (χ4v) is 2.69. The zero-order valence-electron chi connectivity index (χ0n) is 11.8. The van der Waals surface area contributed by atoms with E-state index < -0.39 is 0 Å². The van der Waals surface area contributed by atoms with Gasteiger partial charge in [-0.05, 0) is 31.5 Å². The molecule has 1 amide bonds. The maximum absolute atomic E-state index is 12.4. The Balaban J connectivity index is 1.76. The van der Waals surface area contributed by atoms with Crippen molar-refractivity contribution >= 4 is 16.9 Å². The van der Waals surface area contributed by atoms with Crippen molar-refractivity contribution in [2.75, 3.05) is 26.8 Å². The largest absolute Gasteiger partial charge is 0.381 e. The second kappa shape index (κ2) is 5.25. The average Bonchev–Trinajstić information content (AvgIpc) is 3.04. The summed E-state index contributed by atoms with van der Waals surface area (Å²) < 4.78 is 5.35. The number of amides is 1. The van der Waals surface area contributed by atoms with E-state index in [0.29, 0.717) is 11.5 Å². The number of ether oxygens (including phenoxy) is 1. The third-order valence-corrected chi connectivity index (χ3v) is 3.75. The first kappa shape index (κ1) is 13.1. The van der Waals surface area contributed by atoms with Crippen LogP contribution in [0.25, 0.3) is 11.0 Å². The van der Waals surface area contributed by atoms with Crippen LogP contribution in [-0.4, -0.2) is 47.6 Å². The Morgan fingerprint density at radius 3 is 3.15 bits per heavy atom. The molecule has 3 rings (SSSR count). The van der Waals surface area contributed by atoms with Crippen molar-refractivity contribution in [1.82, 2.24) is 14.9 Å². The van der Waals surface area contributed by atoms with Crippen LogP contribution in [0.15, 0.2) is 18.2 Å². The molecule has 5 nitrogen and oxygen atoms in total. The van der Waals surface area contributed by atoms with E-state index in [1.54, 1.807) is 4.90 Å². The molecule has 0 aliphatic carbocycles. The van der Waals surface area contributed by atoms with Crippen LogP contribution in [0.5, 0.6) is 0 Å². The molecule has 0 bridgehead atoms. The van der Waals surface area contributed by atoms with Gasteiger partial charge in [0.2, 0.25) is 0 Å². The first-order valence-electron chi connectivity index (χ1n) is 6.93. The SMILES string of the molecule is Cc1nc2ccc(C(=O)N(C)C[C@@H]3CCOC3)cc2[nH]1. The molecule has 0 unspecified atom stereocenters. The van der Waals surface area contributed by atoms with Gasteiger partial charge in [0.15, 0.2) is 0 Å². The number of nitrogens with zero attached hydrogens (tertiary/aromatic N) is 2. The van der Waals surface area contributed by atoms with E-state index in [4.69, 9.17) is 4.74 Å². The van der Waals surface area contributed by atoms with Crippen LogP contribution < -0.4 is 0 Å². The van der Waals surface area contributed by atoms with Crippen LogP contribution >= 0.6 is 0 Å². The number of nitrogens with one attached hydrogen (secondary N) is 1. The number of aromatic nitrogens is 2. The fraction of sp³-hybridized carbons (Fsp3) is 0.467. The first-order valence-corrected chi connectivity index (χ1v) is 6.93. The van der Waals surface area contributed by atoms with Crippen molar-refractivity contribution in [1.29, 1.82) is 0 Å². The fourth-order valence-electron chi connectivity index (χ4n) is 2.69. The minimum Gasteiger partial charge on any atom is -0.381 e. The second-order valence-corrected chi connectivity index (χ2v) is 5.47. The monoisotopic (exact) mass is 273 g/mol. The number of carbonyl (C=O) groups excluding carboxylic acids is 1. The van der Waals surface area contributed by atoms with Crippen LogP contribution in [0.4, 0.5) is 0 Å². The van der Waals surface area contributed by atoms with E-state index in [-0.39, 0.29) is 5.91 Å². The molecule has 20 heavy (non-hydrogen) atoms. The number of H-pyrrole nitrogens is 1. The Morgan fingerprint density at radius 1 is 1.55 bits per heavy atom. The molecule has 1 atom stereocenters. The summed E-state index contributed by atoms with van der Waals surface area (Å²) in [7, 11) is 1.85. The van der Waals surface area contributed by atoms with Gasteiger partial charge < -0.3 is 14.6 Å². The number of aromatic amines is 1. The maximum Gasteiger partial charge on any atom is 0.253 e. The first-order chi connectivity index (χ1) is 9.63. The molecule has 1 N–H and O–H groups in total. The van der Waals surface area contributed by atoms with Gasteiger partial charge in [0.25, 0.3) is 5.91 Å². The van der Waals surface area contributed by atoms with Gasteiger partial charge in [-0.25, -0.2) is 4.98 Å². The van der Waals surface area contributed by atoms with E-state index in [2.05, 4.69) is 9.97 Å². The quantitative estimate of drug-likeness (QED) is 0.930. The van der Waals surface area contributed by atoms with Gasteiger partial charge in [0, 0.05) is 31.7 Å². The van der Waals surface area contributed by atoms with Crippen LogP contribution in [-0.2, 0) is 4.74 Å². The highest BCUT2D eigenvalue weighted by Gasteiger charge is 2.21. The van der Waals surface area contributed by atoms with Crippen molar-refractivity contribution in [2.45, 2.75) is 13.3 Å². The lowest BCUT2D eigenvalue weighted by Gasteiger charge is -2.20. The number of rotatable bonds is 3. The van der Waals surface area contributed by atoms with E-state index in [9.17, 15) is 4.79 Å². The Morgan fingerprint density at radius 2 is 2.40 bits per heavy atom. The zero-order chi connectivity index (χ0) is 14.1. The lowest BCUT2D eigenvalue weighted by atomic mass is 10.1. The number of imidazole rings is 1. The molecule has 1 fully saturated rings. The van der Waals surface area contributed by atoms with Crippen molar-refractivity contribution in [3.05, 3.63) is 29.6 Å². The lowest BCUT2D eigenvalue weighted by Crippen LogP contribution is -2.32. The van der Waals surface area contributed by atoms with Crippen molar-refractivity contribution in [2.24, 2.45) is 5.92 Å². The zero-order valence-corrected chi connectivity index (χ0v) is 11.8. The summed E-state index contributed by atoms with van der Waals surface area (Å²) >= 11 is 0. The predicted octanol–water partition coefficient (Wildman–Crippen LogP) is 1.98. The van der Waals surface area contributed by atoms with E-state index >= 15 is 0 Å². The minimum absolute atomic E-state index is 0.0473. The number of benzene rings is 1. The van der Waals surface area contributed by atoms with Gasteiger partial charge in [-0.3, -0.25) is 4.79 Å². The standard InChI is InChI=1S/C15H19N3O2/c1-10-16-13-4-3-12(7-14(13)17-10)15(19)18(2)8-11-5-6-20-9-11/h3-4,7,11H,5-6,8-9H2,1-2H3,(H,16,17)/t11-/m0/s1. The summed E-state index contributed by atoms with van der Waals surface area (Å²) in [5.74, 6) is 1.37. The van der Waals surface area contributed by atoms with E-state index in [1.807, 2.05) is 32.2 Å². The second-order valence-electron chi connectivity index (χ2n) is 5.47. The predicted molar refractivity (Wildman–Crippen MR) is 76.7 cm³/mol. The maximum atomic E-state index is 12.4. The summed E-state index contributed by atoms with van der Waals surface area (Å²) in [6.45, 7) is 4.23. The summed E-state index contributed by atoms with van der Waals surface area (Å²) in [5.41, 5.74) is 2.50. The Hall–Kier alpha value is -1.88. The van der Waals surface area contributed by atoms with Crippen LogP contribution in [0.2, 0.25) is 0 Å². The molecule has 5 heteroatoms. The molecule has 106 valence electrons. The van der Waals surface area contributed by atoms with E-state index in [1.165, 1.54) is 0 Å². The summed E-state index contributed by atoms with van der Waals surface area (Å²) in [6, 6.07) is 5.60. The highest BCUT2D eigenvalue weighted by Crippen LogP contribution is 2.17. The van der Waals surface area contributed by atoms with Gasteiger partial charge in [-0.1, -0.05) is 0 Å². The normalized spacial score (nSPS) is 18.6. The number of hydrogen-bond donors (Lipinski definition) is 1. The van der Waals surface area contributed by atoms with Gasteiger partial charge in [0.05, 0.1) is 17.6 Å². The highest BCUT2D eigenvalue weighted by atomic mass is 16.5. The van der Waals surface area contributed by atoms with Crippen LogP contribution in [0.1, 0.15) is 22.6 Å². The molecule has 2 heterocycles. The van der Waals surface area contributed by atoms with Crippen molar-refractivity contribution in [3.8, 4) is 0 Å². The highest BCUT2D eigenvalue weighted by molar-refractivity contribution is 5.97. The Kier molecular flexibility index (Phi) is 3.44. The third kappa shape index (κ3) is 2.54.